The van der Waals surface area contributed by atoms with Crippen molar-refractivity contribution >= 4 is 22.1 Å². The van der Waals surface area contributed by atoms with Crippen LogP contribution in [0.4, 0.5) is 15.0 Å². The first kappa shape index (κ1) is 22.5. The minimum absolute atomic E-state index is 0.177. The molecule has 0 bridgehead atoms. The zero-order valence-electron chi connectivity index (χ0n) is 17.5. The summed E-state index contributed by atoms with van der Waals surface area (Å²) in [4.78, 5) is 16.9. The summed E-state index contributed by atoms with van der Waals surface area (Å²) in [5, 5.41) is 0. The smallest absolute Gasteiger partial charge is 0.414 e. The lowest BCUT2D eigenvalue weighted by Crippen LogP contribution is -2.26. The van der Waals surface area contributed by atoms with Crippen LogP contribution in [0.2, 0.25) is 0 Å². The number of nitrogens with one attached hydrogen (secondary N) is 2. The number of ether oxygens (including phenoxy) is 2. The Balaban J connectivity index is 1.79. The van der Waals surface area contributed by atoms with Gasteiger partial charge in [-0.1, -0.05) is 6.92 Å². The van der Waals surface area contributed by atoms with Crippen LogP contribution in [-0.2, 0) is 16.6 Å². The fourth-order valence-corrected chi connectivity index (χ4v) is 3.44. The van der Waals surface area contributed by atoms with Gasteiger partial charge in [0.25, 0.3) is 10.2 Å². The van der Waals surface area contributed by atoms with Crippen molar-refractivity contribution in [2.45, 2.75) is 19.3 Å². The van der Waals surface area contributed by atoms with Crippen LogP contribution in [0.25, 0.3) is 0 Å². The minimum Gasteiger partial charge on any atom is -0.465 e. The molecule has 1 unspecified atom stereocenters. The van der Waals surface area contributed by atoms with Crippen LogP contribution in [-0.4, -0.2) is 45.5 Å². The number of halogens is 1. The Labute approximate surface area is 180 Å². The van der Waals surface area contributed by atoms with Crippen molar-refractivity contribution in [3.8, 4) is 11.5 Å². The van der Waals surface area contributed by atoms with Gasteiger partial charge >= 0.3 is 6.09 Å². The van der Waals surface area contributed by atoms with E-state index in [1.807, 2.05) is 6.92 Å². The Kier molecular flexibility index (Phi) is 6.46. The zero-order chi connectivity index (χ0) is 22.8. The van der Waals surface area contributed by atoms with Gasteiger partial charge < -0.3 is 14.4 Å². The number of allylic oxidation sites excluding steroid dienone is 1. The van der Waals surface area contributed by atoms with Gasteiger partial charge in [-0.05, 0) is 35.8 Å². The Bertz CT molecular complexity index is 1130. The van der Waals surface area contributed by atoms with Crippen molar-refractivity contribution in [2.75, 3.05) is 25.9 Å². The lowest BCUT2D eigenvalue weighted by Gasteiger charge is -2.25. The SMILES string of the molecule is CNS(=O)(=O)Nc1cc(CC2=COc3cc(OC(=O)N(C)C)c(F)cc3C2C)ccn1. The van der Waals surface area contributed by atoms with Crippen molar-refractivity contribution in [1.82, 2.24) is 14.6 Å². The third-order valence-electron chi connectivity index (χ3n) is 4.73. The van der Waals surface area contributed by atoms with E-state index in [-0.39, 0.29) is 17.5 Å². The molecular formula is C20H23FN4O5S. The molecule has 2 aromatic rings. The summed E-state index contributed by atoms with van der Waals surface area (Å²) in [6, 6.07) is 6.02. The highest BCUT2D eigenvalue weighted by atomic mass is 32.2. The van der Waals surface area contributed by atoms with Gasteiger partial charge in [-0.25, -0.2) is 18.9 Å². The maximum absolute atomic E-state index is 14.5. The molecule has 0 saturated carbocycles. The normalized spacial score (nSPS) is 15.4. The van der Waals surface area contributed by atoms with E-state index in [4.69, 9.17) is 9.47 Å². The number of benzene rings is 1. The monoisotopic (exact) mass is 450 g/mol. The van der Waals surface area contributed by atoms with Gasteiger partial charge in [0.15, 0.2) is 11.6 Å². The number of anilines is 1. The van der Waals surface area contributed by atoms with Crippen LogP contribution in [0.1, 0.15) is 24.0 Å². The number of pyridine rings is 1. The molecule has 0 aliphatic carbocycles. The standard InChI is InChI=1S/C20H23FN4O5S/c1-12-14(7-13-5-6-23-19(8-13)24-31(27,28)22-2)11-29-17-10-18(16(21)9-15(12)17)30-20(26)25(3)4/h5-6,8-12,22H,7H2,1-4H3,(H,23,24). The second-order valence-electron chi connectivity index (χ2n) is 7.15. The molecule has 1 aromatic carbocycles. The summed E-state index contributed by atoms with van der Waals surface area (Å²) >= 11 is 0. The van der Waals surface area contributed by atoms with Gasteiger partial charge in [-0.15, -0.1) is 0 Å². The molecule has 31 heavy (non-hydrogen) atoms. The molecule has 9 nitrogen and oxygen atoms in total. The van der Waals surface area contributed by atoms with Gasteiger partial charge in [-0.3, -0.25) is 4.72 Å². The quantitative estimate of drug-likeness (QED) is 0.700. The predicted octanol–water partition coefficient (Wildman–Crippen LogP) is 2.78. The number of hydrogen-bond acceptors (Lipinski definition) is 6. The molecule has 0 fully saturated rings. The van der Waals surface area contributed by atoms with Crippen LogP contribution in [0.5, 0.6) is 11.5 Å². The van der Waals surface area contributed by atoms with Gasteiger partial charge in [0.1, 0.15) is 11.6 Å². The fourth-order valence-electron chi connectivity index (χ4n) is 2.95. The minimum atomic E-state index is -3.68. The van der Waals surface area contributed by atoms with E-state index in [0.29, 0.717) is 17.7 Å². The maximum atomic E-state index is 14.5. The Morgan fingerprint density at radius 1 is 1.32 bits per heavy atom. The largest absolute Gasteiger partial charge is 0.465 e. The number of hydrogen-bond donors (Lipinski definition) is 2. The van der Waals surface area contributed by atoms with Crippen LogP contribution in [0.15, 0.2) is 42.3 Å². The number of nitrogens with zero attached hydrogens (tertiary/aromatic N) is 2. The summed E-state index contributed by atoms with van der Waals surface area (Å²) in [5.74, 6) is -0.482. The highest BCUT2D eigenvalue weighted by Gasteiger charge is 2.25. The molecule has 3 rings (SSSR count). The molecule has 2 heterocycles. The molecule has 2 N–H and O–H groups in total. The number of rotatable bonds is 6. The van der Waals surface area contributed by atoms with Crippen LogP contribution in [0.3, 0.4) is 0 Å². The van der Waals surface area contributed by atoms with E-state index in [0.717, 1.165) is 11.1 Å². The highest BCUT2D eigenvalue weighted by molar-refractivity contribution is 7.90. The molecule has 1 aromatic heterocycles. The Morgan fingerprint density at radius 3 is 2.74 bits per heavy atom. The van der Waals surface area contributed by atoms with Crippen molar-refractivity contribution < 1.29 is 27.1 Å². The molecule has 1 atom stereocenters. The lowest BCUT2D eigenvalue weighted by molar-refractivity contribution is 0.169. The summed E-state index contributed by atoms with van der Waals surface area (Å²) < 4.78 is 53.0. The van der Waals surface area contributed by atoms with Crippen molar-refractivity contribution in [2.24, 2.45) is 0 Å². The van der Waals surface area contributed by atoms with Crippen molar-refractivity contribution in [1.29, 1.82) is 0 Å². The number of carbonyl (C=O) groups is 1. The summed E-state index contributed by atoms with van der Waals surface area (Å²) in [7, 11) is 0.616. The third kappa shape index (κ3) is 5.30. The van der Waals surface area contributed by atoms with Gasteiger partial charge in [0.05, 0.1) is 6.26 Å². The van der Waals surface area contributed by atoms with Crippen LogP contribution in [0, 0.1) is 5.82 Å². The van der Waals surface area contributed by atoms with Crippen LogP contribution < -0.4 is 18.9 Å². The number of amides is 1. The highest BCUT2D eigenvalue weighted by Crippen LogP contribution is 2.40. The molecule has 0 saturated heterocycles. The number of aromatic nitrogens is 1. The molecule has 0 radical (unpaired) electrons. The van der Waals surface area contributed by atoms with Gasteiger partial charge in [-0.2, -0.15) is 8.42 Å². The second kappa shape index (κ2) is 8.90. The molecular weight excluding hydrogens is 427 g/mol. The summed E-state index contributed by atoms with van der Waals surface area (Å²) in [6.45, 7) is 1.91. The van der Waals surface area contributed by atoms with Gasteiger partial charge in [0, 0.05) is 44.9 Å². The summed E-state index contributed by atoms with van der Waals surface area (Å²) in [5.41, 5.74) is 2.27. The average Bonchev–Trinajstić information content (AvgIpc) is 2.71. The molecule has 1 aliphatic rings. The molecule has 11 heteroatoms. The first-order valence-electron chi connectivity index (χ1n) is 9.34. The van der Waals surface area contributed by atoms with Crippen molar-refractivity contribution in [3.63, 3.8) is 0 Å². The summed E-state index contributed by atoms with van der Waals surface area (Å²) in [6.07, 6.45) is 2.81. The Hall–Kier alpha value is -3.18. The third-order valence-corrected chi connectivity index (χ3v) is 5.74. The first-order chi connectivity index (χ1) is 14.6. The van der Waals surface area contributed by atoms with Gasteiger partial charge in [0.2, 0.25) is 0 Å². The fraction of sp³-hybridized carbons (Fsp3) is 0.300. The van der Waals surface area contributed by atoms with E-state index in [1.54, 1.807) is 18.4 Å². The number of fused-ring (bicyclic) bond motifs is 1. The lowest BCUT2D eigenvalue weighted by atomic mass is 9.87. The predicted molar refractivity (Wildman–Crippen MR) is 113 cm³/mol. The molecule has 0 spiro atoms. The van der Waals surface area contributed by atoms with Crippen LogP contribution >= 0.6 is 0 Å². The van der Waals surface area contributed by atoms with E-state index < -0.39 is 22.1 Å². The van der Waals surface area contributed by atoms with E-state index in [1.165, 1.54) is 44.4 Å². The average molecular weight is 450 g/mol. The molecule has 1 aliphatic heterocycles. The molecule has 1 amide bonds. The Morgan fingerprint density at radius 2 is 2.06 bits per heavy atom. The first-order valence-corrected chi connectivity index (χ1v) is 10.8. The topological polar surface area (TPSA) is 110 Å². The molecule has 166 valence electrons. The van der Waals surface area contributed by atoms with E-state index in [2.05, 4.69) is 14.4 Å². The van der Waals surface area contributed by atoms with E-state index >= 15 is 0 Å². The van der Waals surface area contributed by atoms with Crippen molar-refractivity contribution in [3.05, 3.63) is 59.2 Å². The number of carbonyl (C=O) groups excluding carboxylic acids is 1. The zero-order valence-corrected chi connectivity index (χ0v) is 18.3. The maximum Gasteiger partial charge on any atom is 0.414 e. The van der Waals surface area contributed by atoms with E-state index in [9.17, 15) is 17.6 Å². The second-order valence-corrected chi connectivity index (χ2v) is 8.77.